The summed E-state index contributed by atoms with van der Waals surface area (Å²) in [6, 6.07) is 15.0. The van der Waals surface area contributed by atoms with Crippen LogP contribution >= 0.6 is 23.2 Å². The van der Waals surface area contributed by atoms with Crippen molar-refractivity contribution in [3.05, 3.63) is 93.5 Å². The normalized spacial score (nSPS) is 27.0. The summed E-state index contributed by atoms with van der Waals surface area (Å²) in [6.07, 6.45) is 6.01. The van der Waals surface area contributed by atoms with Crippen LogP contribution in [0.4, 0.5) is 5.69 Å². The largest absolute Gasteiger partial charge is 0.502 e. The van der Waals surface area contributed by atoms with E-state index in [0.717, 1.165) is 10.6 Å². The van der Waals surface area contributed by atoms with Gasteiger partial charge in [-0.1, -0.05) is 59.1 Å². The zero-order valence-electron chi connectivity index (χ0n) is 27.2. The summed E-state index contributed by atoms with van der Waals surface area (Å²) < 4.78 is 16.2. The maximum atomic E-state index is 15.2. The van der Waals surface area contributed by atoms with Gasteiger partial charge in [0, 0.05) is 10.9 Å². The number of ether oxygens (including phenoxy) is 3. The van der Waals surface area contributed by atoms with Crippen LogP contribution in [0, 0.1) is 29.6 Å². The smallest absolute Gasteiger partial charge is 0.260 e. The second-order valence-electron chi connectivity index (χ2n) is 12.7. The molecule has 4 amide bonds. The number of hydrogen-bond donors (Lipinski definition) is 3. The maximum Gasteiger partial charge on any atom is 0.260 e. The van der Waals surface area contributed by atoms with E-state index in [1.807, 2.05) is 12.2 Å². The molecule has 3 N–H and O–H groups in total. The van der Waals surface area contributed by atoms with Crippen molar-refractivity contribution in [2.75, 3.05) is 26.8 Å². The Hall–Kier alpha value is -5.00. The topological polar surface area (TPSA) is 144 Å². The van der Waals surface area contributed by atoms with Crippen LogP contribution in [0.1, 0.15) is 24.0 Å². The summed E-state index contributed by atoms with van der Waals surface area (Å²) >= 11 is 12.6. The average molecular weight is 719 g/mol. The molecule has 0 aromatic heterocycles. The minimum Gasteiger partial charge on any atom is -0.502 e. The molecule has 7 rings (SSSR count). The average Bonchev–Trinajstić information content (AvgIpc) is 3.52. The minimum atomic E-state index is -1.49. The lowest BCUT2D eigenvalue weighted by atomic mass is 9.50. The Kier molecular flexibility index (Phi) is 8.52. The molecule has 1 saturated carbocycles. The van der Waals surface area contributed by atoms with E-state index < -0.39 is 46.8 Å². The second kappa shape index (κ2) is 12.7. The minimum absolute atomic E-state index is 0.141. The Morgan fingerprint density at radius 3 is 2.26 bits per heavy atom. The zero-order valence-corrected chi connectivity index (χ0v) is 28.7. The van der Waals surface area contributed by atoms with Crippen LogP contribution in [0.25, 0.3) is 6.08 Å². The van der Waals surface area contributed by atoms with Crippen LogP contribution in [-0.2, 0) is 24.6 Å². The van der Waals surface area contributed by atoms with Gasteiger partial charge in [-0.3, -0.25) is 29.9 Å². The van der Waals surface area contributed by atoms with Gasteiger partial charge >= 0.3 is 0 Å². The predicted molar refractivity (Wildman–Crippen MR) is 185 cm³/mol. The summed E-state index contributed by atoms with van der Waals surface area (Å²) in [6.45, 7) is 0. The lowest BCUT2D eigenvalue weighted by Crippen LogP contribution is -2.54. The lowest BCUT2D eigenvalue weighted by molar-refractivity contribution is -0.139. The first-order chi connectivity index (χ1) is 24.0. The molecule has 0 spiro atoms. The zero-order chi connectivity index (χ0) is 35.5. The van der Waals surface area contributed by atoms with Crippen molar-refractivity contribution in [3.63, 3.8) is 0 Å². The van der Waals surface area contributed by atoms with Gasteiger partial charge in [0.25, 0.3) is 11.8 Å². The molecule has 0 bridgehead atoms. The van der Waals surface area contributed by atoms with Gasteiger partial charge in [-0.05, 0) is 72.4 Å². The Labute approximate surface area is 297 Å². The number of allylic oxidation sites excluding steroid dienone is 3. The van der Waals surface area contributed by atoms with Gasteiger partial charge in [0.1, 0.15) is 5.75 Å². The van der Waals surface area contributed by atoms with E-state index in [4.69, 9.17) is 37.4 Å². The van der Waals surface area contributed by atoms with E-state index >= 15 is 4.79 Å². The standard InChI is InChI=1S/C37H33Cl2N3O8/c1-48-21-8-5-19(6-9-21)37-25(12-4-18-14-29(49-2)32(43)30(15-18)50-3)22-10-11-23-31(34(45)40-33(23)44)24(22)17-26(37)35(46)42(36(37)47)41-28-13-7-20(38)16-27(28)39/h4-10,12-16,23-26,31,41,43H,11,17H2,1-3H3,(H,40,44,45). The summed E-state index contributed by atoms with van der Waals surface area (Å²) in [5.74, 6) is -4.51. The van der Waals surface area contributed by atoms with E-state index in [1.54, 1.807) is 54.6 Å². The first-order valence-corrected chi connectivity index (χ1v) is 16.7. The van der Waals surface area contributed by atoms with Crippen LogP contribution in [0.15, 0.2) is 72.3 Å². The summed E-state index contributed by atoms with van der Waals surface area (Å²) in [7, 11) is 4.38. The molecule has 3 aromatic rings. The predicted octanol–water partition coefficient (Wildman–Crippen LogP) is 5.54. The number of methoxy groups -OCH3 is 3. The quantitative estimate of drug-likeness (QED) is 0.202. The van der Waals surface area contributed by atoms with Crippen molar-refractivity contribution in [2.24, 2.45) is 29.6 Å². The number of fused-ring (bicyclic) bond motifs is 4. The Morgan fingerprint density at radius 1 is 0.920 bits per heavy atom. The van der Waals surface area contributed by atoms with E-state index in [0.29, 0.717) is 34.0 Å². The molecule has 4 aliphatic rings. The molecular weight excluding hydrogens is 685 g/mol. The maximum absolute atomic E-state index is 15.2. The van der Waals surface area contributed by atoms with Crippen LogP contribution < -0.4 is 25.0 Å². The molecule has 258 valence electrons. The first-order valence-electron chi connectivity index (χ1n) is 16.0. The lowest BCUT2D eigenvalue weighted by Gasteiger charge is -2.49. The molecule has 11 nitrogen and oxygen atoms in total. The highest BCUT2D eigenvalue weighted by atomic mass is 35.5. The first kappa shape index (κ1) is 33.5. The van der Waals surface area contributed by atoms with E-state index in [9.17, 15) is 19.5 Å². The van der Waals surface area contributed by atoms with Gasteiger partial charge in [0.2, 0.25) is 17.6 Å². The Bertz CT molecular complexity index is 1970. The molecule has 50 heavy (non-hydrogen) atoms. The van der Waals surface area contributed by atoms with Crippen LogP contribution in [-0.4, -0.2) is 55.1 Å². The number of rotatable bonds is 8. The van der Waals surface area contributed by atoms with E-state index in [-0.39, 0.29) is 40.5 Å². The van der Waals surface area contributed by atoms with Crippen LogP contribution in [0.3, 0.4) is 0 Å². The summed E-state index contributed by atoms with van der Waals surface area (Å²) in [5.41, 5.74) is 3.70. The number of phenolic OH excluding ortho intramolecular Hbond substituents is 1. The monoisotopic (exact) mass is 717 g/mol. The molecule has 13 heteroatoms. The number of aromatic hydroxyl groups is 1. The number of nitrogens with zero attached hydrogens (tertiary/aromatic N) is 1. The van der Waals surface area contributed by atoms with Gasteiger partial charge in [0.15, 0.2) is 11.5 Å². The molecule has 2 aliphatic carbocycles. The van der Waals surface area contributed by atoms with Gasteiger partial charge in [-0.2, -0.15) is 5.01 Å². The number of amides is 4. The molecular formula is C37H33Cl2N3O8. The van der Waals surface area contributed by atoms with E-state index in [2.05, 4.69) is 10.7 Å². The number of halogens is 2. The Balaban J connectivity index is 1.44. The van der Waals surface area contributed by atoms with Crippen LogP contribution in [0.2, 0.25) is 10.0 Å². The van der Waals surface area contributed by atoms with Crippen molar-refractivity contribution in [1.82, 2.24) is 10.3 Å². The third kappa shape index (κ3) is 5.10. The molecule has 3 fully saturated rings. The van der Waals surface area contributed by atoms with Crippen molar-refractivity contribution >= 4 is 58.6 Å². The van der Waals surface area contributed by atoms with Crippen molar-refractivity contribution < 1.29 is 38.5 Å². The molecule has 2 saturated heterocycles. The number of carbonyl (C=O) groups excluding carboxylic acids is 4. The van der Waals surface area contributed by atoms with Gasteiger partial charge < -0.3 is 19.3 Å². The third-order valence-corrected chi connectivity index (χ3v) is 11.0. The number of carbonyl (C=O) groups is 4. The summed E-state index contributed by atoms with van der Waals surface area (Å²) in [5, 5.41) is 14.6. The summed E-state index contributed by atoms with van der Waals surface area (Å²) in [4.78, 5) is 56.0. The fourth-order valence-corrected chi connectivity index (χ4v) is 8.67. The van der Waals surface area contributed by atoms with Gasteiger partial charge in [0.05, 0.1) is 55.2 Å². The fourth-order valence-electron chi connectivity index (χ4n) is 8.22. The second-order valence-corrected chi connectivity index (χ2v) is 13.6. The highest BCUT2D eigenvalue weighted by Crippen LogP contribution is 2.61. The van der Waals surface area contributed by atoms with Crippen molar-refractivity contribution in [1.29, 1.82) is 0 Å². The van der Waals surface area contributed by atoms with Gasteiger partial charge in [-0.25, -0.2) is 0 Å². The van der Waals surface area contributed by atoms with Crippen LogP contribution in [0.5, 0.6) is 23.0 Å². The fraction of sp³-hybridized carbons (Fsp3) is 0.297. The molecule has 0 radical (unpaired) electrons. The highest BCUT2D eigenvalue weighted by Gasteiger charge is 2.69. The van der Waals surface area contributed by atoms with Gasteiger partial charge in [-0.15, -0.1) is 0 Å². The Morgan fingerprint density at radius 2 is 1.62 bits per heavy atom. The number of benzene rings is 3. The number of nitrogens with one attached hydrogen (secondary N) is 2. The number of hydrogen-bond acceptors (Lipinski definition) is 9. The number of phenols is 1. The van der Waals surface area contributed by atoms with E-state index in [1.165, 1.54) is 27.4 Å². The number of hydrazine groups is 1. The molecule has 6 atom stereocenters. The number of imide groups is 2. The third-order valence-electron chi connectivity index (χ3n) is 10.5. The SMILES string of the molecule is COc1ccc(C23C(=O)N(Nc4ccc(Cl)cc4Cl)C(=O)C2CC2C(=CCC4C(=O)NC(=O)C42)C3C=Cc2cc(OC)c(O)c(OC)c2)cc1. The van der Waals surface area contributed by atoms with Crippen molar-refractivity contribution in [3.8, 4) is 23.0 Å². The molecule has 2 aliphatic heterocycles. The highest BCUT2D eigenvalue weighted by molar-refractivity contribution is 6.36. The molecule has 6 unspecified atom stereocenters. The number of anilines is 1. The molecule has 3 aromatic carbocycles. The molecule has 2 heterocycles. The van der Waals surface area contributed by atoms with Crippen molar-refractivity contribution in [2.45, 2.75) is 18.3 Å².